The van der Waals surface area contributed by atoms with Gasteiger partial charge in [-0.25, -0.2) is 15.0 Å². The minimum atomic E-state index is 0.289. The third-order valence-electron chi connectivity index (χ3n) is 2.97. The summed E-state index contributed by atoms with van der Waals surface area (Å²) in [6.45, 7) is 3.32. The Morgan fingerprint density at radius 3 is 3.00 bits per heavy atom. The number of nitrogens with one attached hydrogen (secondary N) is 2. The van der Waals surface area contributed by atoms with E-state index in [0.717, 1.165) is 18.8 Å². The van der Waals surface area contributed by atoms with Crippen molar-refractivity contribution in [2.75, 3.05) is 23.8 Å². The highest BCUT2D eigenvalue weighted by Crippen LogP contribution is 2.22. The molecule has 0 bridgehead atoms. The summed E-state index contributed by atoms with van der Waals surface area (Å²) in [5.74, 6) is 2.08. The highest BCUT2D eigenvalue weighted by atomic mass is 32.1. The number of hydrogen-bond acceptors (Lipinski definition) is 8. The number of aromatic nitrogens is 3. The second-order valence-electron chi connectivity index (χ2n) is 4.66. The van der Waals surface area contributed by atoms with E-state index in [4.69, 9.17) is 10.00 Å². The molecule has 7 nitrogen and oxygen atoms in total. The predicted octanol–water partition coefficient (Wildman–Crippen LogP) is 2.06. The molecule has 21 heavy (non-hydrogen) atoms. The number of hydrogen-bond donors (Lipinski definition) is 2. The van der Waals surface area contributed by atoms with Gasteiger partial charge in [-0.3, -0.25) is 0 Å². The average molecular weight is 302 g/mol. The molecular formula is C13H14N6OS. The van der Waals surface area contributed by atoms with E-state index in [2.05, 4.69) is 31.7 Å². The van der Waals surface area contributed by atoms with Gasteiger partial charge in [-0.15, -0.1) is 0 Å². The molecule has 1 fully saturated rings. The lowest BCUT2D eigenvalue weighted by Gasteiger charge is -2.12. The van der Waals surface area contributed by atoms with Crippen molar-refractivity contribution >= 4 is 28.1 Å². The number of rotatable bonds is 4. The number of ether oxygens (including phenoxy) is 1. The monoisotopic (exact) mass is 302 g/mol. The van der Waals surface area contributed by atoms with Crippen molar-refractivity contribution in [3.05, 3.63) is 23.0 Å². The quantitative estimate of drug-likeness (QED) is 0.892. The van der Waals surface area contributed by atoms with Gasteiger partial charge < -0.3 is 15.4 Å². The maximum atomic E-state index is 8.81. The molecule has 1 unspecified atom stereocenters. The van der Waals surface area contributed by atoms with Gasteiger partial charge in [-0.2, -0.15) is 5.26 Å². The molecule has 0 radical (unpaired) electrons. The molecule has 8 heteroatoms. The van der Waals surface area contributed by atoms with Crippen LogP contribution in [0.2, 0.25) is 0 Å². The fourth-order valence-corrected chi connectivity index (χ4v) is 2.68. The fraction of sp³-hybridized carbons (Fsp3) is 0.385. The normalized spacial score (nSPS) is 17.4. The first kappa shape index (κ1) is 13.7. The maximum Gasteiger partial charge on any atom is 0.189 e. The summed E-state index contributed by atoms with van der Waals surface area (Å²) in [7, 11) is 0. The predicted molar refractivity (Wildman–Crippen MR) is 79.7 cm³/mol. The summed E-state index contributed by atoms with van der Waals surface area (Å²) in [5.41, 5.74) is 0. The first-order valence-corrected chi connectivity index (χ1v) is 7.37. The highest BCUT2D eigenvalue weighted by molar-refractivity contribution is 7.16. The Bertz CT molecular complexity index is 674. The first-order chi connectivity index (χ1) is 10.2. The zero-order chi connectivity index (χ0) is 14.7. The van der Waals surface area contributed by atoms with Crippen molar-refractivity contribution in [3.8, 4) is 6.07 Å². The van der Waals surface area contributed by atoms with E-state index in [1.165, 1.54) is 17.5 Å². The van der Waals surface area contributed by atoms with Gasteiger partial charge in [0.25, 0.3) is 0 Å². The van der Waals surface area contributed by atoms with E-state index in [1.54, 1.807) is 0 Å². The summed E-state index contributed by atoms with van der Waals surface area (Å²) >= 11 is 1.29. The largest absolute Gasteiger partial charge is 0.379 e. The second-order valence-corrected chi connectivity index (χ2v) is 5.69. The molecule has 0 saturated carbocycles. The molecule has 0 aromatic carbocycles. The fourth-order valence-electron chi connectivity index (χ4n) is 2.06. The lowest BCUT2D eigenvalue weighted by atomic mass is 10.2. The Morgan fingerprint density at radius 1 is 1.43 bits per heavy atom. The van der Waals surface area contributed by atoms with Crippen LogP contribution in [0, 0.1) is 18.3 Å². The van der Waals surface area contributed by atoms with Crippen molar-refractivity contribution in [2.45, 2.75) is 19.4 Å². The lowest BCUT2D eigenvalue weighted by Crippen LogP contribution is -2.20. The summed E-state index contributed by atoms with van der Waals surface area (Å²) in [6, 6.07) is 4.18. The first-order valence-electron chi connectivity index (χ1n) is 6.56. The van der Waals surface area contributed by atoms with Gasteiger partial charge in [0.1, 0.15) is 28.4 Å². The van der Waals surface area contributed by atoms with E-state index in [1.807, 2.05) is 13.0 Å². The Hall–Kier alpha value is -2.24. The van der Waals surface area contributed by atoms with Gasteiger partial charge in [0, 0.05) is 12.7 Å². The van der Waals surface area contributed by atoms with Crippen LogP contribution in [0.25, 0.3) is 0 Å². The maximum absolute atomic E-state index is 8.81. The number of anilines is 3. The van der Waals surface area contributed by atoms with Crippen LogP contribution in [-0.4, -0.2) is 34.2 Å². The SMILES string of the molecule is Cc1nc(Nc2ncc(C#N)s2)cc(NC2CCOC2)n1. The van der Waals surface area contributed by atoms with E-state index in [9.17, 15) is 0 Å². The average Bonchev–Trinajstić information content (AvgIpc) is 3.09. The number of thiazole rings is 1. The van der Waals surface area contributed by atoms with Gasteiger partial charge in [0.15, 0.2) is 5.13 Å². The molecule has 0 spiro atoms. The number of aryl methyl sites for hydroxylation is 1. The van der Waals surface area contributed by atoms with E-state index < -0.39 is 0 Å². The van der Waals surface area contributed by atoms with Crippen LogP contribution in [0.4, 0.5) is 16.8 Å². The third kappa shape index (κ3) is 3.45. The Labute approximate surface area is 126 Å². The van der Waals surface area contributed by atoms with Gasteiger partial charge in [-0.1, -0.05) is 11.3 Å². The van der Waals surface area contributed by atoms with Gasteiger partial charge >= 0.3 is 0 Å². The van der Waals surface area contributed by atoms with Crippen LogP contribution in [-0.2, 0) is 4.74 Å². The minimum Gasteiger partial charge on any atom is -0.379 e. The van der Waals surface area contributed by atoms with Crippen LogP contribution >= 0.6 is 11.3 Å². The van der Waals surface area contributed by atoms with Crippen LogP contribution in [0.1, 0.15) is 17.1 Å². The smallest absolute Gasteiger partial charge is 0.189 e. The zero-order valence-corrected chi connectivity index (χ0v) is 12.3. The minimum absolute atomic E-state index is 0.289. The molecular weight excluding hydrogens is 288 g/mol. The molecule has 3 rings (SSSR count). The van der Waals surface area contributed by atoms with Gasteiger partial charge in [0.05, 0.1) is 18.8 Å². The van der Waals surface area contributed by atoms with Gasteiger partial charge in [-0.05, 0) is 13.3 Å². The van der Waals surface area contributed by atoms with Crippen molar-refractivity contribution in [1.82, 2.24) is 15.0 Å². The Balaban J connectivity index is 1.75. The van der Waals surface area contributed by atoms with Crippen molar-refractivity contribution in [1.29, 1.82) is 5.26 Å². The van der Waals surface area contributed by atoms with Crippen LogP contribution in [0.3, 0.4) is 0 Å². The highest BCUT2D eigenvalue weighted by Gasteiger charge is 2.16. The molecule has 1 saturated heterocycles. The summed E-state index contributed by atoms with van der Waals surface area (Å²) < 4.78 is 5.34. The zero-order valence-electron chi connectivity index (χ0n) is 11.5. The molecule has 1 aliphatic rings. The van der Waals surface area contributed by atoms with Crippen LogP contribution < -0.4 is 10.6 Å². The van der Waals surface area contributed by atoms with Crippen molar-refractivity contribution < 1.29 is 4.74 Å². The third-order valence-corrected chi connectivity index (χ3v) is 3.79. The molecule has 2 aromatic heterocycles. The Morgan fingerprint density at radius 2 is 2.29 bits per heavy atom. The van der Waals surface area contributed by atoms with E-state index in [0.29, 0.717) is 28.3 Å². The summed E-state index contributed by atoms with van der Waals surface area (Å²) in [4.78, 5) is 13.4. The molecule has 1 atom stereocenters. The topological polar surface area (TPSA) is 95.8 Å². The molecule has 0 amide bonds. The van der Waals surface area contributed by atoms with Crippen molar-refractivity contribution in [3.63, 3.8) is 0 Å². The number of nitriles is 1. The molecule has 108 valence electrons. The van der Waals surface area contributed by atoms with Crippen LogP contribution in [0.5, 0.6) is 0 Å². The molecule has 1 aliphatic heterocycles. The summed E-state index contributed by atoms with van der Waals surface area (Å²) in [6.07, 6.45) is 2.51. The van der Waals surface area contributed by atoms with E-state index >= 15 is 0 Å². The van der Waals surface area contributed by atoms with Crippen LogP contribution in [0.15, 0.2) is 12.3 Å². The molecule has 0 aliphatic carbocycles. The van der Waals surface area contributed by atoms with Gasteiger partial charge in [0.2, 0.25) is 0 Å². The lowest BCUT2D eigenvalue weighted by molar-refractivity contribution is 0.195. The summed E-state index contributed by atoms with van der Waals surface area (Å²) in [5, 5.41) is 15.9. The molecule has 3 heterocycles. The second kappa shape index (κ2) is 6.03. The standard InChI is InChI=1S/C13H14N6OS/c1-8-16-11(18-9-2-3-20-7-9)4-12(17-8)19-13-15-6-10(5-14)21-13/h4,6,9H,2-3,7H2,1H3,(H2,15,16,17,18,19). The Kier molecular flexibility index (Phi) is 3.94. The van der Waals surface area contributed by atoms with Crippen molar-refractivity contribution in [2.24, 2.45) is 0 Å². The molecule has 2 aromatic rings. The number of nitrogens with zero attached hydrogens (tertiary/aromatic N) is 4. The van der Waals surface area contributed by atoms with E-state index in [-0.39, 0.29) is 6.04 Å². The molecule has 2 N–H and O–H groups in total.